The molecule has 1 heterocycles. The number of hydrogen-bond donors (Lipinski definition) is 2. The van der Waals surface area contributed by atoms with Crippen molar-refractivity contribution in [2.75, 3.05) is 0 Å². The molecule has 33 heavy (non-hydrogen) atoms. The van der Waals surface area contributed by atoms with Gasteiger partial charge < -0.3 is 15.8 Å². The van der Waals surface area contributed by atoms with Gasteiger partial charge in [-0.05, 0) is 57.9 Å². The van der Waals surface area contributed by atoms with E-state index >= 15 is 0 Å². The van der Waals surface area contributed by atoms with E-state index in [9.17, 15) is 18.8 Å². The molecule has 1 aromatic heterocycles. The Morgan fingerprint density at radius 1 is 1.18 bits per heavy atom. The number of carbonyl (C=O) groups excluding carboxylic acids is 2. The van der Waals surface area contributed by atoms with Crippen LogP contribution in [0.5, 0.6) is 0 Å². The van der Waals surface area contributed by atoms with Crippen molar-refractivity contribution in [3.8, 4) is 5.69 Å². The number of nitrogens with two attached hydrogens (primary N) is 1. The van der Waals surface area contributed by atoms with Crippen molar-refractivity contribution in [3.63, 3.8) is 0 Å². The summed E-state index contributed by atoms with van der Waals surface area (Å²) in [5, 5.41) is 2.73. The molecule has 9 heteroatoms. The summed E-state index contributed by atoms with van der Waals surface area (Å²) in [6, 6.07) is 10.6. The summed E-state index contributed by atoms with van der Waals surface area (Å²) in [7, 11) is 0. The SMILES string of the molecule is C[C@H](NC(=O)OC(C)(C)C)c1nc2c(F)ccc(CCC(N)=O)c2c(=O)n1-c1ccccc1. The number of aromatic nitrogens is 2. The van der Waals surface area contributed by atoms with Crippen LogP contribution in [0.4, 0.5) is 9.18 Å². The van der Waals surface area contributed by atoms with Crippen LogP contribution < -0.4 is 16.6 Å². The zero-order valence-corrected chi connectivity index (χ0v) is 19.0. The minimum Gasteiger partial charge on any atom is -0.444 e. The number of hydrogen-bond acceptors (Lipinski definition) is 5. The Morgan fingerprint density at radius 3 is 2.45 bits per heavy atom. The summed E-state index contributed by atoms with van der Waals surface area (Å²) in [4.78, 5) is 41.8. The van der Waals surface area contributed by atoms with E-state index in [1.54, 1.807) is 58.0 Å². The lowest BCUT2D eigenvalue weighted by molar-refractivity contribution is -0.117. The number of alkyl carbamates (subject to hydrolysis) is 1. The van der Waals surface area contributed by atoms with Gasteiger partial charge in [0.15, 0.2) is 0 Å². The average Bonchev–Trinajstić information content (AvgIpc) is 2.72. The maximum atomic E-state index is 14.8. The van der Waals surface area contributed by atoms with E-state index < -0.39 is 35.0 Å². The fourth-order valence-electron chi connectivity index (χ4n) is 3.47. The zero-order chi connectivity index (χ0) is 24.3. The number of nitrogens with one attached hydrogen (secondary N) is 1. The number of aryl methyl sites for hydroxylation is 1. The molecular formula is C24H27FN4O4. The van der Waals surface area contributed by atoms with Gasteiger partial charge in [0.2, 0.25) is 5.91 Å². The third-order valence-corrected chi connectivity index (χ3v) is 4.86. The second kappa shape index (κ2) is 9.40. The summed E-state index contributed by atoms with van der Waals surface area (Å²) in [5.74, 6) is -1.08. The Kier molecular flexibility index (Phi) is 6.81. The molecule has 0 unspecified atom stereocenters. The van der Waals surface area contributed by atoms with E-state index in [4.69, 9.17) is 10.5 Å². The number of amides is 2. The number of benzene rings is 2. The normalized spacial score (nSPS) is 12.4. The lowest BCUT2D eigenvalue weighted by Gasteiger charge is -2.23. The van der Waals surface area contributed by atoms with Gasteiger partial charge in [-0.25, -0.2) is 14.2 Å². The van der Waals surface area contributed by atoms with Crippen LogP contribution >= 0.6 is 0 Å². The number of fused-ring (bicyclic) bond motifs is 1. The molecule has 3 N–H and O–H groups in total. The molecule has 0 spiro atoms. The molecule has 0 aliphatic carbocycles. The summed E-state index contributed by atoms with van der Waals surface area (Å²) in [6.07, 6.45) is -0.521. The molecule has 0 radical (unpaired) electrons. The smallest absolute Gasteiger partial charge is 0.408 e. The van der Waals surface area contributed by atoms with Gasteiger partial charge in [-0.15, -0.1) is 0 Å². The maximum Gasteiger partial charge on any atom is 0.408 e. The summed E-state index contributed by atoms with van der Waals surface area (Å²) >= 11 is 0. The number of para-hydroxylation sites is 1. The molecule has 2 aromatic carbocycles. The Morgan fingerprint density at radius 2 is 1.85 bits per heavy atom. The van der Waals surface area contributed by atoms with Gasteiger partial charge in [0.1, 0.15) is 22.8 Å². The fourth-order valence-corrected chi connectivity index (χ4v) is 3.47. The molecule has 8 nitrogen and oxygen atoms in total. The standard InChI is InChI=1S/C24H27FN4O4/c1-14(27-23(32)33-24(2,3)4)21-28-20-17(25)12-10-15(11-13-18(26)30)19(20)22(31)29(21)16-8-6-5-7-9-16/h5-10,12,14H,11,13H2,1-4H3,(H2,26,30)(H,27,32)/t14-/m0/s1. The molecule has 174 valence electrons. The molecule has 0 saturated carbocycles. The van der Waals surface area contributed by atoms with Crippen molar-refractivity contribution >= 4 is 22.9 Å². The topological polar surface area (TPSA) is 116 Å². The highest BCUT2D eigenvalue weighted by Gasteiger charge is 2.24. The van der Waals surface area contributed by atoms with Crippen LogP contribution in [0.1, 0.15) is 51.5 Å². The fraction of sp³-hybridized carbons (Fsp3) is 0.333. The summed E-state index contributed by atoms with van der Waals surface area (Å²) in [5.41, 5.74) is 4.85. The number of nitrogens with zero attached hydrogens (tertiary/aromatic N) is 2. The van der Waals surface area contributed by atoms with E-state index in [1.807, 2.05) is 0 Å². The highest BCUT2D eigenvalue weighted by atomic mass is 19.1. The molecular weight excluding hydrogens is 427 g/mol. The molecule has 0 bridgehead atoms. The summed E-state index contributed by atoms with van der Waals surface area (Å²) in [6.45, 7) is 6.82. The minimum atomic E-state index is -0.786. The van der Waals surface area contributed by atoms with Crippen LogP contribution in [-0.2, 0) is 16.0 Å². The van der Waals surface area contributed by atoms with Crippen LogP contribution in [0.3, 0.4) is 0 Å². The third-order valence-electron chi connectivity index (χ3n) is 4.86. The van der Waals surface area contributed by atoms with Gasteiger partial charge in [-0.1, -0.05) is 24.3 Å². The van der Waals surface area contributed by atoms with Crippen LogP contribution in [0, 0.1) is 5.82 Å². The number of rotatable bonds is 6. The predicted molar refractivity (Wildman–Crippen MR) is 123 cm³/mol. The molecule has 1 atom stereocenters. The monoisotopic (exact) mass is 454 g/mol. The molecule has 0 aliphatic heterocycles. The Bertz CT molecular complexity index is 1250. The van der Waals surface area contributed by atoms with Crippen molar-refractivity contribution in [1.29, 1.82) is 0 Å². The molecule has 0 saturated heterocycles. The summed E-state index contributed by atoms with van der Waals surface area (Å²) < 4.78 is 21.4. The van der Waals surface area contributed by atoms with Gasteiger partial charge in [0.25, 0.3) is 5.56 Å². The van der Waals surface area contributed by atoms with Gasteiger partial charge >= 0.3 is 6.09 Å². The molecule has 3 aromatic rings. The van der Waals surface area contributed by atoms with Crippen LogP contribution in [-0.4, -0.2) is 27.2 Å². The van der Waals surface area contributed by atoms with Crippen molar-refractivity contribution in [2.24, 2.45) is 5.73 Å². The first-order chi connectivity index (χ1) is 15.5. The first-order valence-electron chi connectivity index (χ1n) is 10.5. The molecule has 2 amide bonds. The van der Waals surface area contributed by atoms with Crippen LogP contribution in [0.25, 0.3) is 16.6 Å². The highest BCUT2D eigenvalue weighted by molar-refractivity contribution is 5.83. The minimum absolute atomic E-state index is 0.00383. The lowest BCUT2D eigenvalue weighted by atomic mass is 10.0. The van der Waals surface area contributed by atoms with E-state index in [-0.39, 0.29) is 29.6 Å². The Balaban J connectivity index is 2.22. The van der Waals surface area contributed by atoms with Crippen molar-refractivity contribution in [2.45, 2.75) is 52.2 Å². The van der Waals surface area contributed by atoms with Crippen molar-refractivity contribution in [1.82, 2.24) is 14.9 Å². The Hall–Kier alpha value is -3.75. The second-order valence-corrected chi connectivity index (χ2v) is 8.71. The average molecular weight is 455 g/mol. The maximum absolute atomic E-state index is 14.8. The number of primary amides is 1. The van der Waals surface area contributed by atoms with Gasteiger partial charge in [0.05, 0.1) is 17.1 Å². The van der Waals surface area contributed by atoms with Crippen LogP contribution in [0.15, 0.2) is 47.3 Å². The second-order valence-electron chi connectivity index (χ2n) is 8.71. The van der Waals surface area contributed by atoms with Crippen molar-refractivity contribution < 1.29 is 18.7 Å². The van der Waals surface area contributed by atoms with E-state index in [1.165, 1.54) is 16.7 Å². The van der Waals surface area contributed by atoms with Gasteiger partial charge in [-0.3, -0.25) is 14.2 Å². The van der Waals surface area contributed by atoms with E-state index in [2.05, 4.69) is 10.3 Å². The predicted octanol–water partition coefficient (Wildman–Crippen LogP) is 3.53. The molecule has 3 rings (SSSR count). The number of ether oxygens (including phenoxy) is 1. The molecule has 0 aliphatic rings. The van der Waals surface area contributed by atoms with E-state index in [0.29, 0.717) is 11.3 Å². The highest BCUT2D eigenvalue weighted by Crippen LogP contribution is 2.23. The third kappa shape index (κ3) is 5.54. The molecule has 0 fully saturated rings. The zero-order valence-electron chi connectivity index (χ0n) is 19.0. The lowest BCUT2D eigenvalue weighted by Crippen LogP contribution is -2.37. The largest absolute Gasteiger partial charge is 0.444 e. The first kappa shape index (κ1) is 23.9. The number of carbonyl (C=O) groups is 2. The number of halogens is 1. The van der Waals surface area contributed by atoms with Gasteiger partial charge in [-0.2, -0.15) is 0 Å². The van der Waals surface area contributed by atoms with E-state index in [0.717, 1.165) is 0 Å². The Labute approximate surface area is 190 Å². The quantitative estimate of drug-likeness (QED) is 0.591. The van der Waals surface area contributed by atoms with Crippen molar-refractivity contribution in [3.05, 3.63) is 70.0 Å². The van der Waals surface area contributed by atoms with Crippen LogP contribution in [0.2, 0.25) is 0 Å². The van der Waals surface area contributed by atoms with Gasteiger partial charge in [0, 0.05) is 6.42 Å². The first-order valence-corrected chi connectivity index (χ1v) is 10.5.